The largest absolute Gasteiger partial charge is 0.497 e. The van der Waals surface area contributed by atoms with Gasteiger partial charge in [-0.2, -0.15) is 0 Å². The molecule has 1 aliphatic heterocycles. The van der Waals surface area contributed by atoms with Crippen molar-refractivity contribution in [2.75, 3.05) is 20.8 Å². The average Bonchev–Trinajstić information content (AvgIpc) is 3.39. The Morgan fingerprint density at radius 3 is 1.96 bits per heavy atom. The number of aliphatic hydroxyl groups is 1. The van der Waals surface area contributed by atoms with E-state index >= 15 is 0 Å². The number of terminal acetylenes is 1. The van der Waals surface area contributed by atoms with Gasteiger partial charge in [-0.1, -0.05) is 81.3 Å². The lowest BCUT2D eigenvalue weighted by atomic mass is 9.80. The van der Waals surface area contributed by atoms with Crippen molar-refractivity contribution in [3.05, 3.63) is 128 Å². The van der Waals surface area contributed by atoms with Gasteiger partial charge in [0, 0.05) is 11.8 Å². The quantitative estimate of drug-likeness (QED) is 0.0980. The van der Waals surface area contributed by atoms with Crippen LogP contribution in [-0.4, -0.2) is 67.9 Å². The van der Waals surface area contributed by atoms with Crippen molar-refractivity contribution in [1.82, 2.24) is 9.55 Å². The van der Waals surface area contributed by atoms with E-state index in [2.05, 4.69) is 31.7 Å². The van der Waals surface area contributed by atoms with Crippen LogP contribution >= 0.6 is 0 Å². The van der Waals surface area contributed by atoms with Gasteiger partial charge in [-0.15, -0.1) is 6.42 Å². The van der Waals surface area contributed by atoms with E-state index in [9.17, 15) is 14.7 Å². The normalized spacial score (nSPS) is 21.2. The maximum atomic E-state index is 13.3. The number of H-pyrrole nitrogens is 1. The SMILES string of the molecule is C#C[C@H](C)O[C@]1(COC(c2ccccc2)(c2ccc(OC)cc2)c2ccc(OC)cc2)O[C@@H](n2cc(C)c(=O)[nH]c2=O)[C@H](O)[C@@H]1O[Si](C)(C)C(C)(C)C. The predicted molar refractivity (Wildman–Crippen MR) is 205 cm³/mol. The molecule has 0 spiro atoms. The molecule has 2 heterocycles. The van der Waals surface area contributed by atoms with Crippen LogP contribution in [0.4, 0.5) is 0 Å². The molecular formula is C41H50N2O9Si. The molecule has 0 radical (unpaired) electrons. The van der Waals surface area contributed by atoms with E-state index < -0.39 is 55.5 Å². The number of nitrogens with zero attached hydrogens (tertiary/aromatic N) is 1. The number of nitrogens with one attached hydrogen (secondary N) is 1. The van der Waals surface area contributed by atoms with Crippen LogP contribution in [0.5, 0.6) is 11.5 Å². The van der Waals surface area contributed by atoms with Gasteiger partial charge in [-0.05, 0) is 72.9 Å². The maximum absolute atomic E-state index is 13.3. The van der Waals surface area contributed by atoms with Gasteiger partial charge in [0.05, 0.1) is 14.2 Å². The first-order valence-electron chi connectivity index (χ1n) is 17.5. The van der Waals surface area contributed by atoms with Crippen molar-refractivity contribution in [1.29, 1.82) is 0 Å². The first-order chi connectivity index (χ1) is 25.0. The number of methoxy groups -OCH3 is 2. The number of hydrogen-bond donors (Lipinski definition) is 2. The van der Waals surface area contributed by atoms with Gasteiger partial charge in [0.25, 0.3) is 5.56 Å². The zero-order chi connectivity index (χ0) is 38.8. The Kier molecular flexibility index (Phi) is 11.6. The lowest BCUT2D eigenvalue weighted by molar-refractivity contribution is -0.300. The highest BCUT2D eigenvalue weighted by molar-refractivity contribution is 6.74. The van der Waals surface area contributed by atoms with Crippen molar-refractivity contribution in [2.24, 2.45) is 0 Å². The van der Waals surface area contributed by atoms with Crippen LogP contribution in [0.3, 0.4) is 0 Å². The van der Waals surface area contributed by atoms with Crippen molar-refractivity contribution in [3.63, 3.8) is 0 Å². The summed E-state index contributed by atoms with van der Waals surface area (Å²) in [6, 6.07) is 24.8. The second kappa shape index (κ2) is 15.5. The van der Waals surface area contributed by atoms with Crippen LogP contribution in [0.2, 0.25) is 18.1 Å². The average molecular weight is 743 g/mol. The molecule has 5 atom stereocenters. The minimum Gasteiger partial charge on any atom is -0.497 e. The third-order valence-electron chi connectivity index (χ3n) is 10.3. The molecule has 5 rings (SSSR count). The number of benzene rings is 3. The Bertz CT molecular complexity index is 1970. The topological polar surface area (TPSA) is 130 Å². The van der Waals surface area contributed by atoms with Crippen molar-refractivity contribution >= 4 is 8.32 Å². The number of aryl methyl sites for hydroxylation is 1. The molecular weight excluding hydrogens is 693 g/mol. The highest BCUT2D eigenvalue weighted by Crippen LogP contribution is 2.48. The molecule has 1 saturated heterocycles. The maximum Gasteiger partial charge on any atom is 0.330 e. The number of aromatic amines is 1. The van der Waals surface area contributed by atoms with E-state index in [1.54, 1.807) is 28.1 Å². The second-order valence-corrected chi connectivity index (χ2v) is 19.6. The molecule has 1 fully saturated rings. The molecule has 0 amide bonds. The minimum atomic E-state index is -2.71. The molecule has 2 N–H and O–H groups in total. The Labute approximate surface area is 311 Å². The van der Waals surface area contributed by atoms with Crippen LogP contribution in [0.15, 0.2) is 94.6 Å². The van der Waals surface area contributed by atoms with Crippen LogP contribution in [0.25, 0.3) is 0 Å². The lowest BCUT2D eigenvalue weighted by Crippen LogP contribution is -2.58. The van der Waals surface area contributed by atoms with Gasteiger partial charge in [0.2, 0.25) is 5.79 Å². The number of rotatable bonds is 13. The molecule has 4 aromatic rings. The molecule has 1 aliphatic rings. The molecule has 0 bridgehead atoms. The van der Waals surface area contributed by atoms with E-state index in [1.807, 2.05) is 92.0 Å². The van der Waals surface area contributed by atoms with Crippen LogP contribution in [-0.2, 0) is 24.2 Å². The molecule has 1 aromatic heterocycles. The first-order valence-corrected chi connectivity index (χ1v) is 20.4. The van der Waals surface area contributed by atoms with Crippen molar-refractivity contribution in [3.8, 4) is 23.8 Å². The van der Waals surface area contributed by atoms with E-state index in [1.165, 1.54) is 6.20 Å². The molecule has 12 heteroatoms. The predicted octanol–water partition coefficient (Wildman–Crippen LogP) is 5.89. The summed E-state index contributed by atoms with van der Waals surface area (Å²) in [4.78, 5) is 28.0. The van der Waals surface area contributed by atoms with Crippen molar-refractivity contribution < 1.29 is 33.2 Å². The Morgan fingerprint density at radius 1 is 0.943 bits per heavy atom. The third kappa shape index (κ3) is 7.78. The Balaban J connectivity index is 1.76. The van der Waals surface area contributed by atoms with Gasteiger partial charge < -0.3 is 33.2 Å². The molecule has 11 nitrogen and oxygen atoms in total. The van der Waals surface area contributed by atoms with Gasteiger partial charge in [0.1, 0.15) is 42.0 Å². The zero-order valence-corrected chi connectivity index (χ0v) is 32.8. The lowest BCUT2D eigenvalue weighted by Gasteiger charge is -2.45. The fraction of sp³-hybridized carbons (Fsp3) is 0.415. The zero-order valence-electron chi connectivity index (χ0n) is 31.8. The van der Waals surface area contributed by atoms with E-state index in [0.29, 0.717) is 11.5 Å². The minimum absolute atomic E-state index is 0.246. The summed E-state index contributed by atoms with van der Waals surface area (Å²) in [7, 11) is 0.489. The summed E-state index contributed by atoms with van der Waals surface area (Å²) in [5, 5.41) is 11.9. The van der Waals surface area contributed by atoms with E-state index in [-0.39, 0.29) is 17.2 Å². The van der Waals surface area contributed by atoms with Crippen molar-refractivity contribution in [2.45, 2.75) is 88.7 Å². The summed E-state index contributed by atoms with van der Waals surface area (Å²) in [6.45, 7) is 13.2. The number of aliphatic hydroxyl groups excluding tert-OH is 1. The van der Waals surface area contributed by atoms with Crippen LogP contribution in [0, 0.1) is 19.3 Å². The van der Waals surface area contributed by atoms with Crippen LogP contribution < -0.4 is 20.7 Å². The molecule has 0 aliphatic carbocycles. The highest BCUT2D eigenvalue weighted by atomic mass is 28.4. The molecule has 282 valence electrons. The van der Waals surface area contributed by atoms with Gasteiger partial charge in [0.15, 0.2) is 14.5 Å². The second-order valence-electron chi connectivity index (χ2n) is 14.8. The van der Waals surface area contributed by atoms with E-state index in [0.717, 1.165) is 21.3 Å². The number of aromatic nitrogens is 2. The van der Waals surface area contributed by atoms with E-state index in [4.69, 9.17) is 34.5 Å². The number of ether oxygens (including phenoxy) is 5. The van der Waals surface area contributed by atoms with Gasteiger partial charge in [-0.3, -0.25) is 14.3 Å². The number of hydrogen-bond acceptors (Lipinski definition) is 9. The monoisotopic (exact) mass is 742 g/mol. The Morgan fingerprint density at radius 2 is 1.47 bits per heavy atom. The smallest absolute Gasteiger partial charge is 0.330 e. The highest BCUT2D eigenvalue weighted by Gasteiger charge is 2.61. The van der Waals surface area contributed by atoms with Gasteiger partial charge in [-0.25, -0.2) is 4.79 Å². The Hall–Kier alpha value is -4.48. The summed E-state index contributed by atoms with van der Waals surface area (Å²) >= 11 is 0. The fourth-order valence-corrected chi connectivity index (χ4v) is 7.57. The summed E-state index contributed by atoms with van der Waals surface area (Å²) in [6.07, 6.45) is 2.40. The summed E-state index contributed by atoms with van der Waals surface area (Å²) in [5.41, 5.74) is -0.109. The first kappa shape index (κ1) is 39.7. The fourth-order valence-electron chi connectivity index (χ4n) is 6.26. The molecule has 0 saturated carbocycles. The molecule has 0 unspecified atom stereocenters. The molecule has 53 heavy (non-hydrogen) atoms. The van der Waals surface area contributed by atoms with Gasteiger partial charge >= 0.3 is 5.69 Å². The van der Waals surface area contributed by atoms with Crippen LogP contribution in [0.1, 0.15) is 56.2 Å². The standard InChI is InChI=1S/C41H50N2O9Si/c1-11-28(3)50-40(35(52-53(9,10)39(4,5)6)34(44)37(51-40)43-25-27(2)36(45)42-38(43)46)26-49-41(29-15-13-12-14-16-29,30-17-21-32(47-7)22-18-30)31-19-23-33(48-8)24-20-31/h1,12-25,28,34-35,37,44H,26H2,2-10H3,(H,42,45,46)/t28-,34+,35-,37+,40+/m0/s1. The summed E-state index contributed by atoms with van der Waals surface area (Å²) < 4.78 is 39.8. The summed E-state index contributed by atoms with van der Waals surface area (Å²) in [5.74, 6) is 2.05. The molecule has 3 aromatic carbocycles. The third-order valence-corrected chi connectivity index (χ3v) is 14.7.